The molecule has 11 heteroatoms. The number of sulfone groups is 1. The number of unbranched alkanes of at least 4 members (excludes halogenated alkanes) is 9. The Bertz CT molecular complexity index is 865. The summed E-state index contributed by atoms with van der Waals surface area (Å²) in [5.41, 5.74) is 0. The van der Waals surface area contributed by atoms with Crippen molar-refractivity contribution in [2.75, 3.05) is 30.3 Å². The van der Waals surface area contributed by atoms with Crippen LogP contribution in [-0.2, 0) is 20.0 Å². The van der Waals surface area contributed by atoms with Crippen LogP contribution in [0.2, 0.25) is 0 Å². The fourth-order valence-corrected chi connectivity index (χ4v) is 6.27. The zero-order valence-corrected chi connectivity index (χ0v) is 25.7. The van der Waals surface area contributed by atoms with E-state index >= 15 is 0 Å². The first-order valence-corrected chi connectivity index (χ1v) is 15.8. The number of hydrogen-bond acceptors (Lipinski definition) is 8. The molecule has 0 spiro atoms. The van der Waals surface area contributed by atoms with Crippen LogP contribution in [0.1, 0.15) is 77.6 Å². The summed E-state index contributed by atoms with van der Waals surface area (Å²) in [4.78, 5) is 1.67. The number of nitriles is 1. The maximum atomic E-state index is 12.5. The van der Waals surface area contributed by atoms with E-state index in [1.54, 1.807) is 6.08 Å². The van der Waals surface area contributed by atoms with E-state index in [4.69, 9.17) is 0 Å². The van der Waals surface area contributed by atoms with Crippen molar-refractivity contribution < 1.29 is 72.8 Å². The molecule has 0 bridgehead atoms. The minimum absolute atomic E-state index is 0. The van der Waals surface area contributed by atoms with E-state index < -0.39 is 25.7 Å². The van der Waals surface area contributed by atoms with Crippen LogP contribution in [0.3, 0.4) is 0 Å². The van der Waals surface area contributed by atoms with Gasteiger partial charge in [-0.1, -0.05) is 64.7 Å². The van der Waals surface area contributed by atoms with Crippen molar-refractivity contribution in [3.63, 3.8) is 0 Å². The standard InChI is InChI=1S/C22H38N2O5S3.K/c1-2-3-4-5-6-7-8-9-10-11-18-31(25,26)21(20-23)13-14-22-24(16-17-30-22)15-12-19-32(27,28)29;/h13-14H,2-12,15-19H2,1H3,(H,27,28,29);/q;+1/p-1/b21-13+,22-14+;. The van der Waals surface area contributed by atoms with Crippen LogP contribution in [0.25, 0.3) is 0 Å². The SMILES string of the molecule is CCCCCCCCCCCCS(=O)(=O)/C(C#N)=C/C=C1/SCCN1CCCS(=O)(=O)[O-].[K+]. The molecular weight excluding hydrogens is 508 g/mol. The minimum atomic E-state index is -4.24. The average molecular weight is 545 g/mol. The summed E-state index contributed by atoms with van der Waals surface area (Å²) in [5.74, 6) is 0.343. The zero-order chi connectivity index (χ0) is 23.9. The third kappa shape index (κ3) is 16.1. The Morgan fingerprint density at radius 3 is 2.12 bits per heavy atom. The molecule has 0 aliphatic carbocycles. The molecule has 0 aromatic carbocycles. The number of allylic oxidation sites excluding steroid dienone is 3. The van der Waals surface area contributed by atoms with E-state index in [-0.39, 0.29) is 68.5 Å². The molecule has 0 N–H and O–H groups in total. The maximum absolute atomic E-state index is 12.5. The average Bonchev–Trinajstić information content (AvgIpc) is 3.16. The normalized spacial score (nSPS) is 16.1. The molecule has 1 saturated heterocycles. The summed E-state index contributed by atoms with van der Waals surface area (Å²) < 4.78 is 57.3. The molecule has 33 heavy (non-hydrogen) atoms. The summed E-state index contributed by atoms with van der Waals surface area (Å²) in [6.45, 7) is 3.30. The topological polar surface area (TPSA) is 118 Å². The molecule has 184 valence electrons. The van der Waals surface area contributed by atoms with Gasteiger partial charge in [0.1, 0.15) is 11.0 Å². The van der Waals surface area contributed by atoms with Gasteiger partial charge in [0.05, 0.1) is 20.9 Å². The van der Waals surface area contributed by atoms with Gasteiger partial charge in [0.15, 0.2) is 9.84 Å². The van der Waals surface area contributed by atoms with Crippen LogP contribution in [0, 0.1) is 11.3 Å². The summed E-state index contributed by atoms with van der Waals surface area (Å²) in [6, 6.07) is 1.81. The second-order valence-electron chi connectivity index (χ2n) is 8.10. The molecule has 0 aromatic rings. The Kier molecular flexibility index (Phi) is 19.2. The molecule has 0 amide bonds. The van der Waals surface area contributed by atoms with E-state index in [9.17, 15) is 26.7 Å². The minimum Gasteiger partial charge on any atom is -0.748 e. The van der Waals surface area contributed by atoms with Gasteiger partial charge < -0.3 is 9.45 Å². The number of thioether (sulfide) groups is 1. The quantitative estimate of drug-likeness (QED) is 0.117. The molecule has 0 radical (unpaired) electrons. The predicted molar refractivity (Wildman–Crippen MR) is 131 cm³/mol. The van der Waals surface area contributed by atoms with Gasteiger partial charge in [-0.25, -0.2) is 16.8 Å². The van der Waals surface area contributed by atoms with Gasteiger partial charge in [-0.15, -0.1) is 11.8 Å². The van der Waals surface area contributed by atoms with Crippen LogP contribution < -0.4 is 51.4 Å². The summed E-state index contributed by atoms with van der Waals surface area (Å²) >= 11 is 1.52. The Morgan fingerprint density at radius 1 is 1.00 bits per heavy atom. The fraction of sp³-hybridized carbons (Fsp3) is 0.773. The third-order valence-corrected chi connectivity index (χ3v) is 8.92. The van der Waals surface area contributed by atoms with Crippen LogP contribution >= 0.6 is 11.8 Å². The van der Waals surface area contributed by atoms with Gasteiger partial charge >= 0.3 is 51.4 Å². The van der Waals surface area contributed by atoms with E-state index in [0.29, 0.717) is 19.5 Å². The smallest absolute Gasteiger partial charge is 0.748 e. The van der Waals surface area contributed by atoms with Crippen LogP contribution in [0.5, 0.6) is 0 Å². The molecule has 1 rings (SSSR count). The van der Waals surface area contributed by atoms with Crippen molar-refractivity contribution in [3.8, 4) is 6.07 Å². The van der Waals surface area contributed by atoms with Crippen LogP contribution in [0.4, 0.5) is 0 Å². The van der Waals surface area contributed by atoms with Crippen molar-refractivity contribution in [2.24, 2.45) is 0 Å². The molecule has 1 heterocycles. The second-order valence-corrected chi connectivity index (χ2v) is 12.8. The molecule has 7 nitrogen and oxygen atoms in total. The second kappa shape index (κ2) is 18.8. The van der Waals surface area contributed by atoms with Gasteiger partial charge in [-0.2, -0.15) is 5.26 Å². The van der Waals surface area contributed by atoms with Crippen molar-refractivity contribution in [2.45, 2.75) is 77.6 Å². The number of hydrogen-bond donors (Lipinski definition) is 0. The van der Waals surface area contributed by atoms with Crippen LogP contribution in [0.15, 0.2) is 22.1 Å². The third-order valence-electron chi connectivity index (χ3n) is 5.33. The monoisotopic (exact) mass is 544 g/mol. The van der Waals surface area contributed by atoms with E-state index in [1.165, 1.54) is 56.4 Å². The van der Waals surface area contributed by atoms with Crippen molar-refractivity contribution in [1.82, 2.24) is 4.90 Å². The number of nitrogens with zero attached hydrogens (tertiary/aromatic N) is 2. The Hall–Kier alpha value is 0.616. The van der Waals surface area contributed by atoms with Crippen molar-refractivity contribution in [1.29, 1.82) is 5.26 Å². The molecule has 0 aromatic heterocycles. The van der Waals surface area contributed by atoms with Gasteiger partial charge in [0.2, 0.25) is 0 Å². The molecule has 0 unspecified atom stereocenters. The van der Waals surface area contributed by atoms with Gasteiger partial charge in [-0.3, -0.25) is 0 Å². The maximum Gasteiger partial charge on any atom is 1.00 e. The molecule has 0 saturated carbocycles. The summed E-state index contributed by atoms with van der Waals surface area (Å²) in [6.07, 6.45) is 14.3. The van der Waals surface area contributed by atoms with Gasteiger partial charge in [0.25, 0.3) is 0 Å². The largest absolute Gasteiger partial charge is 1.00 e. The van der Waals surface area contributed by atoms with E-state index in [0.717, 1.165) is 30.0 Å². The first-order chi connectivity index (χ1) is 15.2. The first kappa shape index (κ1) is 33.6. The molecule has 1 fully saturated rings. The van der Waals surface area contributed by atoms with Crippen LogP contribution in [-0.4, -0.2) is 56.6 Å². The summed E-state index contributed by atoms with van der Waals surface area (Å²) in [7, 11) is -7.86. The van der Waals surface area contributed by atoms with Gasteiger partial charge in [-0.05, 0) is 25.0 Å². The van der Waals surface area contributed by atoms with E-state index in [2.05, 4.69) is 6.92 Å². The predicted octanol–water partition coefficient (Wildman–Crippen LogP) is 1.56. The zero-order valence-electron chi connectivity index (χ0n) is 20.1. The Labute approximate surface area is 247 Å². The Morgan fingerprint density at radius 2 is 1.58 bits per heavy atom. The Balaban J connectivity index is 0.0000102. The fourth-order valence-electron chi connectivity index (χ4n) is 3.52. The summed E-state index contributed by atoms with van der Waals surface area (Å²) in [5, 5.41) is 10.1. The molecular formula is C22H37KN2O5S3. The van der Waals surface area contributed by atoms with Crippen molar-refractivity contribution in [3.05, 3.63) is 22.1 Å². The molecule has 1 aliphatic rings. The van der Waals surface area contributed by atoms with E-state index in [1.807, 2.05) is 11.0 Å². The molecule has 1 aliphatic heterocycles. The van der Waals surface area contributed by atoms with Crippen molar-refractivity contribution >= 4 is 31.7 Å². The first-order valence-electron chi connectivity index (χ1n) is 11.6. The number of rotatable bonds is 17. The van der Waals surface area contributed by atoms with Gasteiger partial charge in [0, 0.05) is 24.6 Å². The molecule has 0 atom stereocenters.